The molecule has 0 unspecified atom stereocenters. The first kappa shape index (κ1) is 16.1. The maximum absolute atomic E-state index is 12.1. The molecule has 0 saturated carbocycles. The minimum atomic E-state index is -3.70. The molecule has 2 heterocycles. The van der Waals surface area contributed by atoms with Crippen LogP contribution in [0.25, 0.3) is 0 Å². The highest BCUT2D eigenvalue weighted by Crippen LogP contribution is 2.26. The third kappa shape index (κ3) is 3.13. The second kappa shape index (κ2) is 6.04. The van der Waals surface area contributed by atoms with E-state index in [4.69, 9.17) is 0 Å². The number of hydrogen-bond acceptors (Lipinski definition) is 5. The number of anilines is 1. The lowest BCUT2D eigenvalue weighted by molar-refractivity contribution is -0.116. The van der Waals surface area contributed by atoms with Crippen molar-refractivity contribution in [3.63, 3.8) is 0 Å². The molecule has 0 aliphatic carbocycles. The van der Waals surface area contributed by atoms with Gasteiger partial charge in [-0.05, 0) is 30.7 Å². The summed E-state index contributed by atoms with van der Waals surface area (Å²) in [5.41, 5.74) is 1.49. The fraction of sp³-hybridized carbons (Fsp3) is 0.188. The van der Waals surface area contributed by atoms with Crippen LogP contribution < -0.4 is 5.32 Å². The Morgan fingerprint density at radius 2 is 1.96 bits per heavy atom. The van der Waals surface area contributed by atoms with Gasteiger partial charge in [-0.25, -0.2) is 4.98 Å². The lowest BCUT2D eigenvalue weighted by atomic mass is 10.2. The van der Waals surface area contributed by atoms with Gasteiger partial charge >= 0.3 is 0 Å². The summed E-state index contributed by atoms with van der Waals surface area (Å²) in [5, 5.41) is 2.67. The lowest BCUT2D eigenvalue weighted by Crippen LogP contribution is -2.35. The third-order valence-electron chi connectivity index (χ3n) is 3.53. The zero-order valence-corrected chi connectivity index (χ0v) is 14.0. The van der Waals surface area contributed by atoms with Crippen LogP contribution >= 0.6 is 0 Å². The van der Waals surface area contributed by atoms with Gasteiger partial charge in [-0.15, -0.1) is 4.40 Å². The van der Waals surface area contributed by atoms with Crippen molar-refractivity contribution in [2.75, 3.05) is 18.9 Å². The molecule has 0 bridgehead atoms. The molecule has 1 aromatic heterocycles. The van der Waals surface area contributed by atoms with Crippen molar-refractivity contribution in [3.8, 4) is 0 Å². The van der Waals surface area contributed by atoms with Crippen LogP contribution in [0, 0.1) is 6.92 Å². The van der Waals surface area contributed by atoms with Crippen molar-refractivity contribution in [2.45, 2.75) is 11.8 Å². The number of amides is 1. The van der Waals surface area contributed by atoms with Gasteiger partial charge in [0.2, 0.25) is 5.91 Å². The van der Waals surface area contributed by atoms with Crippen molar-refractivity contribution >= 4 is 27.6 Å². The van der Waals surface area contributed by atoms with Crippen LogP contribution in [0.1, 0.15) is 11.1 Å². The number of amidine groups is 1. The fourth-order valence-corrected chi connectivity index (χ4v) is 3.63. The first-order valence-electron chi connectivity index (χ1n) is 7.25. The highest BCUT2D eigenvalue weighted by Gasteiger charge is 2.30. The summed E-state index contributed by atoms with van der Waals surface area (Å²) in [6.45, 7) is 1.86. The number of hydrogen-bond donors (Lipinski definition) is 1. The van der Waals surface area contributed by atoms with Crippen LogP contribution in [0.15, 0.2) is 51.9 Å². The van der Waals surface area contributed by atoms with Crippen molar-refractivity contribution in [2.24, 2.45) is 4.40 Å². The summed E-state index contributed by atoms with van der Waals surface area (Å²) < 4.78 is 27.9. The van der Waals surface area contributed by atoms with E-state index in [1.54, 1.807) is 37.5 Å². The van der Waals surface area contributed by atoms with Gasteiger partial charge in [0.05, 0.1) is 6.54 Å². The van der Waals surface area contributed by atoms with E-state index in [1.165, 1.54) is 11.0 Å². The molecule has 124 valence electrons. The number of likely N-dealkylation sites (N-methyl/N-ethyl adjacent to an activating group) is 1. The number of nitrogens with one attached hydrogen (secondary N) is 1. The zero-order valence-electron chi connectivity index (χ0n) is 13.2. The second-order valence-electron chi connectivity index (χ2n) is 5.51. The van der Waals surface area contributed by atoms with E-state index in [-0.39, 0.29) is 23.2 Å². The van der Waals surface area contributed by atoms with Crippen molar-refractivity contribution in [1.82, 2.24) is 9.88 Å². The first-order valence-corrected chi connectivity index (χ1v) is 8.69. The average molecular weight is 344 g/mol. The summed E-state index contributed by atoms with van der Waals surface area (Å²) in [7, 11) is -2.07. The van der Waals surface area contributed by atoms with Gasteiger partial charge in [0.25, 0.3) is 10.0 Å². The zero-order chi connectivity index (χ0) is 17.3. The molecular formula is C16H16N4O3S. The Bertz CT molecular complexity index is 921. The lowest BCUT2D eigenvalue weighted by Gasteiger charge is -2.18. The van der Waals surface area contributed by atoms with E-state index < -0.39 is 10.0 Å². The second-order valence-corrected chi connectivity index (χ2v) is 7.08. The number of benzene rings is 1. The first-order chi connectivity index (χ1) is 11.4. The average Bonchev–Trinajstić information content (AvgIpc) is 2.82. The molecule has 1 N–H and O–H groups in total. The molecule has 0 radical (unpaired) electrons. The van der Waals surface area contributed by atoms with Crippen LogP contribution in [0.3, 0.4) is 0 Å². The normalized spacial score (nSPS) is 14.7. The van der Waals surface area contributed by atoms with Crippen LogP contribution in [-0.2, 0) is 14.8 Å². The van der Waals surface area contributed by atoms with E-state index >= 15 is 0 Å². The highest BCUT2D eigenvalue weighted by molar-refractivity contribution is 7.90. The number of aryl methyl sites for hydroxylation is 1. The third-order valence-corrected chi connectivity index (χ3v) is 4.86. The summed E-state index contributed by atoms with van der Waals surface area (Å²) in [4.78, 5) is 17.9. The molecule has 1 amide bonds. The standard InChI is InChI=1S/C16H16N4O3S/c1-11-7-8-14(17-9-11)18-15(21)10-20(2)16-12-5-3-4-6-13(12)24(22,23)19-16/h3-9H,10H2,1-2H3,(H,17,18,21). The van der Waals surface area contributed by atoms with Crippen LogP contribution in [0.2, 0.25) is 0 Å². The Balaban J connectivity index is 1.75. The SMILES string of the molecule is Cc1ccc(NC(=O)CN(C)C2=NS(=O)(=O)c3ccccc32)nc1. The van der Waals surface area contributed by atoms with Crippen molar-refractivity contribution < 1.29 is 13.2 Å². The number of rotatable bonds is 3. The topological polar surface area (TPSA) is 91.7 Å². The van der Waals surface area contributed by atoms with Gasteiger partial charge in [0.1, 0.15) is 10.7 Å². The molecule has 0 fully saturated rings. The molecule has 2 aromatic rings. The van der Waals surface area contributed by atoms with Gasteiger partial charge in [-0.3, -0.25) is 4.79 Å². The molecule has 24 heavy (non-hydrogen) atoms. The van der Waals surface area contributed by atoms with Gasteiger partial charge in [0, 0.05) is 18.8 Å². The summed E-state index contributed by atoms with van der Waals surface area (Å²) in [6.07, 6.45) is 1.66. The molecule has 1 aromatic carbocycles. The number of sulfonamides is 1. The van der Waals surface area contributed by atoms with E-state index in [9.17, 15) is 13.2 Å². The van der Waals surface area contributed by atoms with Crippen molar-refractivity contribution in [3.05, 3.63) is 53.7 Å². The Hall–Kier alpha value is -2.74. The number of nitrogens with zero attached hydrogens (tertiary/aromatic N) is 3. The number of pyridine rings is 1. The van der Waals surface area contributed by atoms with Crippen LogP contribution in [0.5, 0.6) is 0 Å². The molecule has 0 atom stereocenters. The van der Waals surface area contributed by atoms with Crippen LogP contribution in [-0.4, -0.2) is 43.6 Å². The molecule has 7 nitrogen and oxygen atoms in total. The number of aromatic nitrogens is 1. The molecule has 8 heteroatoms. The summed E-state index contributed by atoms with van der Waals surface area (Å²) in [5.74, 6) is 0.399. The van der Waals surface area contributed by atoms with E-state index in [1.807, 2.05) is 13.0 Å². The minimum absolute atomic E-state index is 0.0434. The van der Waals surface area contributed by atoms with Crippen molar-refractivity contribution in [1.29, 1.82) is 0 Å². The smallest absolute Gasteiger partial charge is 0.285 e. The fourth-order valence-electron chi connectivity index (χ4n) is 2.38. The maximum atomic E-state index is 12.1. The van der Waals surface area contributed by atoms with E-state index in [0.29, 0.717) is 11.4 Å². The molecule has 1 aliphatic heterocycles. The Morgan fingerprint density at radius 1 is 1.21 bits per heavy atom. The monoisotopic (exact) mass is 344 g/mol. The minimum Gasteiger partial charge on any atom is -0.349 e. The molecule has 0 saturated heterocycles. The number of carbonyl (C=O) groups excluding carboxylic acids is 1. The predicted molar refractivity (Wildman–Crippen MR) is 90.4 cm³/mol. The summed E-state index contributed by atoms with van der Waals surface area (Å²) >= 11 is 0. The molecule has 3 rings (SSSR count). The Labute approximate surface area is 140 Å². The van der Waals surface area contributed by atoms with E-state index in [0.717, 1.165) is 5.56 Å². The maximum Gasteiger partial charge on any atom is 0.285 e. The predicted octanol–water partition coefficient (Wildman–Crippen LogP) is 1.41. The van der Waals surface area contributed by atoms with Crippen LogP contribution in [0.4, 0.5) is 5.82 Å². The summed E-state index contributed by atoms with van der Waals surface area (Å²) in [6, 6.07) is 10.1. The highest BCUT2D eigenvalue weighted by atomic mass is 32.2. The van der Waals surface area contributed by atoms with Gasteiger partial charge in [-0.2, -0.15) is 8.42 Å². The van der Waals surface area contributed by atoms with Gasteiger partial charge in [0.15, 0.2) is 5.84 Å². The molecular weight excluding hydrogens is 328 g/mol. The van der Waals surface area contributed by atoms with E-state index in [2.05, 4.69) is 14.7 Å². The van der Waals surface area contributed by atoms with Gasteiger partial charge < -0.3 is 10.2 Å². The largest absolute Gasteiger partial charge is 0.349 e. The van der Waals surface area contributed by atoms with Gasteiger partial charge in [-0.1, -0.05) is 18.2 Å². The quantitative estimate of drug-likeness (QED) is 0.909. The molecule has 1 aliphatic rings. The number of fused-ring (bicyclic) bond motifs is 1. The Morgan fingerprint density at radius 3 is 2.67 bits per heavy atom. The molecule has 0 spiro atoms. The Kier molecular flexibility index (Phi) is 4.06. The number of carbonyl (C=O) groups is 1.